The first-order valence-electron chi connectivity index (χ1n) is 7.34. The van der Waals surface area contributed by atoms with Crippen molar-refractivity contribution in [3.63, 3.8) is 0 Å². The minimum atomic E-state index is -0.387. The van der Waals surface area contributed by atoms with Crippen LogP contribution in [0.4, 0.5) is 11.4 Å². The van der Waals surface area contributed by atoms with Crippen LogP contribution in [0.3, 0.4) is 0 Å². The van der Waals surface area contributed by atoms with Gasteiger partial charge in [0.25, 0.3) is 11.1 Å². The summed E-state index contributed by atoms with van der Waals surface area (Å²) in [7, 11) is 0. The molecular weight excluding hydrogens is 324 g/mol. The first kappa shape index (κ1) is 15.9. The van der Waals surface area contributed by atoms with Crippen LogP contribution in [0.2, 0.25) is 0 Å². The van der Waals surface area contributed by atoms with Crippen molar-refractivity contribution in [1.29, 1.82) is 0 Å². The Bertz CT molecular complexity index is 1050. The second-order valence-corrected chi connectivity index (χ2v) is 5.94. The lowest BCUT2D eigenvalue weighted by Crippen LogP contribution is -2.23. The molecule has 0 atom stereocenters. The summed E-state index contributed by atoms with van der Waals surface area (Å²) in [5.74, 6) is 0. The van der Waals surface area contributed by atoms with Crippen LogP contribution in [0.15, 0.2) is 46.0 Å². The molecule has 0 saturated heterocycles. The van der Waals surface area contributed by atoms with E-state index in [-0.39, 0.29) is 16.5 Å². The van der Waals surface area contributed by atoms with Gasteiger partial charge in [-0.05, 0) is 49.8 Å². The third kappa shape index (κ3) is 3.07. The van der Waals surface area contributed by atoms with Crippen molar-refractivity contribution in [2.45, 2.75) is 13.8 Å². The molecule has 0 amide bonds. The Kier molecular flexibility index (Phi) is 4.18. The number of hydrogen-bond acceptors (Lipinski definition) is 3. The van der Waals surface area contributed by atoms with Crippen LogP contribution in [0, 0.1) is 13.8 Å². The third-order valence-corrected chi connectivity index (χ3v) is 3.91. The molecule has 2 aromatic carbocycles. The Morgan fingerprint density at radius 1 is 0.958 bits per heavy atom. The van der Waals surface area contributed by atoms with E-state index in [1.54, 1.807) is 18.2 Å². The summed E-state index contributed by atoms with van der Waals surface area (Å²) >= 11 is 5.33. The number of nitrogens with one attached hydrogen (secondary N) is 4. The summed E-state index contributed by atoms with van der Waals surface area (Å²) < 4.78 is 0. The van der Waals surface area contributed by atoms with E-state index in [1.165, 1.54) is 0 Å². The van der Waals surface area contributed by atoms with E-state index in [1.807, 2.05) is 32.0 Å². The molecule has 0 unspecified atom stereocenters. The van der Waals surface area contributed by atoms with Gasteiger partial charge >= 0.3 is 0 Å². The first-order valence-corrected chi connectivity index (χ1v) is 7.75. The number of fused-ring (bicyclic) bond motifs is 1. The number of aromatic amines is 2. The van der Waals surface area contributed by atoms with Crippen LogP contribution >= 0.6 is 12.2 Å². The number of aromatic nitrogens is 2. The summed E-state index contributed by atoms with van der Waals surface area (Å²) in [5, 5.41) is 11.6. The molecule has 4 N–H and O–H groups in total. The molecule has 0 saturated carbocycles. The molecule has 0 spiro atoms. The molecule has 0 aliphatic heterocycles. The lowest BCUT2D eigenvalue weighted by atomic mass is 10.1. The molecule has 0 bridgehead atoms. The number of aryl methyl sites for hydroxylation is 2. The molecule has 0 aliphatic carbocycles. The molecule has 7 heteroatoms. The van der Waals surface area contributed by atoms with Crippen molar-refractivity contribution < 1.29 is 0 Å². The van der Waals surface area contributed by atoms with Gasteiger partial charge in [-0.3, -0.25) is 19.8 Å². The van der Waals surface area contributed by atoms with Gasteiger partial charge in [-0.2, -0.15) is 0 Å². The molecule has 0 fully saturated rings. The van der Waals surface area contributed by atoms with Crippen molar-refractivity contribution in [1.82, 2.24) is 10.2 Å². The van der Waals surface area contributed by atoms with E-state index in [0.29, 0.717) is 16.2 Å². The van der Waals surface area contributed by atoms with Gasteiger partial charge < -0.3 is 10.6 Å². The first-order chi connectivity index (χ1) is 11.5. The minimum Gasteiger partial charge on any atom is -0.332 e. The fourth-order valence-corrected chi connectivity index (χ4v) is 2.78. The predicted molar refractivity (Wildman–Crippen MR) is 101 cm³/mol. The van der Waals surface area contributed by atoms with E-state index in [2.05, 4.69) is 20.8 Å². The normalized spacial score (nSPS) is 10.6. The van der Waals surface area contributed by atoms with Crippen LogP contribution in [-0.2, 0) is 0 Å². The summed E-state index contributed by atoms with van der Waals surface area (Å²) in [6.07, 6.45) is 0. The highest BCUT2D eigenvalue weighted by atomic mass is 32.1. The number of rotatable bonds is 2. The molecule has 0 radical (unpaired) electrons. The molecule has 1 aromatic heterocycles. The number of anilines is 2. The maximum absolute atomic E-state index is 12.1. The molecule has 0 aliphatic rings. The van der Waals surface area contributed by atoms with E-state index in [0.717, 1.165) is 16.8 Å². The zero-order chi connectivity index (χ0) is 17.3. The van der Waals surface area contributed by atoms with Crippen molar-refractivity contribution >= 4 is 39.5 Å². The topological polar surface area (TPSA) is 89.8 Å². The second kappa shape index (κ2) is 6.29. The average molecular weight is 340 g/mol. The molecule has 3 aromatic rings. The molecular formula is C17H16N4O2S. The Balaban J connectivity index is 1.93. The van der Waals surface area contributed by atoms with Crippen molar-refractivity contribution in [3.05, 3.63) is 68.2 Å². The zero-order valence-corrected chi connectivity index (χ0v) is 14.0. The maximum atomic E-state index is 12.1. The number of hydrogen-bond donors (Lipinski definition) is 4. The third-order valence-electron chi connectivity index (χ3n) is 3.70. The van der Waals surface area contributed by atoms with Crippen molar-refractivity contribution in [3.8, 4) is 0 Å². The number of thiocarbonyl (C=S) groups is 1. The number of benzene rings is 2. The fraction of sp³-hybridized carbons (Fsp3) is 0.118. The van der Waals surface area contributed by atoms with E-state index in [9.17, 15) is 9.59 Å². The standard InChI is InChI=1S/C17H16N4O2S/c1-9-6-7-12(10(2)8-9)18-17(24)19-13-5-3-4-11-14(13)16(23)21-20-15(11)22/h3-8H,1-2H3,(H,20,22)(H,21,23)(H2,18,19,24). The predicted octanol–water partition coefficient (Wildman–Crippen LogP) is 2.64. The van der Waals surface area contributed by atoms with E-state index in [4.69, 9.17) is 12.2 Å². The highest BCUT2D eigenvalue weighted by Gasteiger charge is 2.10. The van der Waals surface area contributed by atoms with Crippen LogP contribution in [0.5, 0.6) is 0 Å². The maximum Gasteiger partial charge on any atom is 0.272 e. The quantitative estimate of drug-likeness (QED) is 0.539. The highest BCUT2D eigenvalue weighted by Crippen LogP contribution is 2.19. The molecule has 122 valence electrons. The largest absolute Gasteiger partial charge is 0.332 e. The van der Waals surface area contributed by atoms with Crippen LogP contribution in [0.25, 0.3) is 10.8 Å². The average Bonchev–Trinajstić information content (AvgIpc) is 2.54. The lowest BCUT2D eigenvalue weighted by Gasteiger charge is -2.14. The minimum absolute atomic E-state index is 0.269. The van der Waals surface area contributed by atoms with Gasteiger partial charge in [0, 0.05) is 5.69 Å². The van der Waals surface area contributed by atoms with Gasteiger partial charge in [-0.1, -0.05) is 23.8 Å². The Hall–Kier alpha value is -2.93. The second-order valence-electron chi connectivity index (χ2n) is 5.53. The van der Waals surface area contributed by atoms with Crippen LogP contribution in [0.1, 0.15) is 11.1 Å². The Morgan fingerprint density at radius 3 is 2.42 bits per heavy atom. The monoisotopic (exact) mass is 340 g/mol. The fourth-order valence-electron chi connectivity index (χ4n) is 2.56. The molecule has 1 heterocycles. The molecule has 6 nitrogen and oxygen atoms in total. The van der Waals surface area contributed by atoms with Crippen LogP contribution < -0.4 is 21.8 Å². The van der Waals surface area contributed by atoms with Gasteiger partial charge in [-0.15, -0.1) is 0 Å². The molecule has 3 rings (SSSR count). The summed E-state index contributed by atoms with van der Waals surface area (Å²) in [5.41, 5.74) is 2.83. The summed E-state index contributed by atoms with van der Waals surface area (Å²) in [6.45, 7) is 4.01. The van der Waals surface area contributed by atoms with Crippen LogP contribution in [-0.4, -0.2) is 15.3 Å². The molecule has 24 heavy (non-hydrogen) atoms. The lowest BCUT2D eigenvalue weighted by molar-refractivity contribution is 0.977. The van der Waals surface area contributed by atoms with Gasteiger partial charge in [0.1, 0.15) is 0 Å². The van der Waals surface area contributed by atoms with Gasteiger partial charge in [0.05, 0.1) is 16.5 Å². The Labute approximate surface area is 142 Å². The zero-order valence-electron chi connectivity index (χ0n) is 13.2. The summed E-state index contributed by atoms with van der Waals surface area (Å²) in [6, 6.07) is 11.0. The van der Waals surface area contributed by atoms with E-state index < -0.39 is 0 Å². The van der Waals surface area contributed by atoms with Gasteiger partial charge in [-0.25, -0.2) is 0 Å². The SMILES string of the molecule is Cc1ccc(NC(=S)Nc2cccc3c(=O)[nH][nH]c(=O)c23)c(C)c1. The Morgan fingerprint density at radius 2 is 1.67 bits per heavy atom. The highest BCUT2D eigenvalue weighted by molar-refractivity contribution is 7.80. The van der Waals surface area contributed by atoms with E-state index >= 15 is 0 Å². The van der Waals surface area contributed by atoms with Crippen molar-refractivity contribution in [2.24, 2.45) is 0 Å². The summed E-state index contributed by atoms with van der Waals surface area (Å²) in [4.78, 5) is 23.9. The smallest absolute Gasteiger partial charge is 0.272 e. The van der Waals surface area contributed by atoms with Gasteiger partial charge in [0.2, 0.25) is 0 Å². The van der Waals surface area contributed by atoms with Gasteiger partial charge in [0.15, 0.2) is 5.11 Å². The van der Waals surface area contributed by atoms with Crippen molar-refractivity contribution in [2.75, 3.05) is 10.6 Å². The number of H-pyrrole nitrogens is 2.